The highest BCUT2D eigenvalue weighted by Gasteiger charge is 2.27. The van der Waals surface area contributed by atoms with Gasteiger partial charge in [0.2, 0.25) is 0 Å². The van der Waals surface area contributed by atoms with Crippen LogP contribution >= 0.6 is 12.4 Å². The molecule has 0 unspecified atom stereocenters. The molecule has 1 aliphatic heterocycles. The molecule has 1 saturated heterocycles. The Kier molecular flexibility index (Phi) is 2.93. The lowest BCUT2D eigenvalue weighted by molar-refractivity contribution is -0.109. The van der Waals surface area contributed by atoms with Crippen LogP contribution in [0.2, 0.25) is 0 Å². The first-order chi connectivity index (χ1) is 3.61. The van der Waals surface area contributed by atoms with Crippen molar-refractivity contribution in [3.8, 4) is 0 Å². The zero-order chi connectivity index (χ0) is 6.20. The quantitative estimate of drug-likeness (QED) is 0.601. The molecule has 3 heteroatoms. The van der Waals surface area contributed by atoms with Crippen molar-refractivity contribution in [2.24, 2.45) is 0 Å². The molecule has 1 heterocycles. The normalized spacial score (nSPS) is 20.3. The first-order valence-electron chi connectivity index (χ1n) is 3.08. The summed E-state index contributed by atoms with van der Waals surface area (Å²) in [7, 11) is 0. The Balaban J connectivity index is 0.000000640. The number of nitrogens with zero attached hydrogens (tertiary/aromatic N) is 1. The summed E-state index contributed by atoms with van der Waals surface area (Å²) in [5.41, 5.74) is -0.571. The van der Waals surface area contributed by atoms with Gasteiger partial charge in [-0.15, -0.1) is 12.4 Å². The van der Waals surface area contributed by atoms with Crippen LogP contribution in [-0.2, 0) is 0 Å². The Bertz CT molecular complexity index is 85.5. The standard InChI is InChI=1S/C6H13NO.ClH/c1-6(2,8)7-4-3-5-7;/h8H,3-5H2,1-2H3;1H. The van der Waals surface area contributed by atoms with E-state index in [0.717, 1.165) is 13.1 Å². The lowest BCUT2D eigenvalue weighted by atomic mass is 10.1. The Hall–Kier alpha value is 0.210. The number of halogens is 1. The molecule has 0 aromatic rings. The lowest BCUT2D eigenvalue weighted by Crippen LogP contribution is -2.51. The van der Waals surface area contributed by atoms with Crippen molar-refractivity contribution < 1.29 is 5.11 Å². The highest BCUT2D eigenvalue weighted by atomic mass is 35.5. The number of hydrogen-bond acceptors (Lipinski definition) is 2. The zero-order valence-corrected chi connectivity index (χ0v) is 6.74. The lowest BCUT2D eigenvalue weighted by Gasteiger charge is -2.40. The van der Waals surface area contributed by atoms with Crippen molar-refractivity contribution in [3.63, 3.8) is 0 Å². The molecule has 0 spiro atoms. The smallest absolute Gasteiger partial charge is 0.112 e. The molecule has 1 aliphatic rings. The van der Waals surface area contributed by atoms with E-state index in [9.17, 15) is 5.11 Å². The summed E-state index contributed by atoms with van der Waals surface area (Å²) in [6, 6.07) is 0. The SMILES string of the molecule is CC(C)(O)N1CCC1.Cl. The first kappa shape index (κ1) is 9.21. The minimum absolute atomic E-state index is 0. The summed E-state index contributed by atoms with van der Waals surface area (Å²) in [6.07, 6.45) is 1.24. The Morgan fingerprint density at radius 3 is 1.78 bits per heavy atom. The van der Waals surface area contributed by atoms with Crippen LogP contribution in [0.3, 0.4) is 0 Å². The molecule has 2 nitrogen and oxygen atoms in total. The van der Waals surface area contributed by atoms with Gasteiger partial charge < -0.3 is 5.11 Å². The summed E-state index contributed by atoms with van der Waals surface area (Å²) in [5, 5.41) is 9.26. The van der Waals surface area contributed by atoms with Gasteiger partial charge in [0.15, 0.2) is 0 Å². The van der Waals surface area contributed by atoms with Crippen LogP contribution in [0, 0.1) is 0 Å². The third-order valence-electron chi connectivity index (χ3n) is 1.63. The maximum atomic E-state index is 9.26. The van der Waals surface area contributed by atoms with Crippen molar-refractivity contribution in [2.45, 2.75) is 26.0 Å². The highest BCUT2D eigenvalue weighted by molar-refractivity contribution is 5.85. The number of likely N-dealkylation sites (tertiary alicyclic amines) is 1. The van der Waals surface area contributed by atoms with Crippen molar-refractivity contribution >= 4 is 12.4 Å². The molecule has 0 amide bonds. The molecule has 0 aromatic carbocycles. The second-order valence-corrected chi connectivity index (χ2v) is 2.84. The topological polar surface area (TPSA) is 23.5 Å². The van der Waals surface area contributed by atoms with Gasteiger partial charge in [-0.1, -0.05) is 0 Å². The van der Waals surface area contributed by atoms with Gasteiger partial charge in [-0.2, -0.15) is 0 Å². The molecule has 0 aromatic heterocycles. The fourth-order valence-corrected chi connectivity index (χ4v) is 0.863. The van der Waals surface area contributed by atoms with Gasteiger partial charge in [-0.25, -0.2) is 0 Å². The van der Waals surface area contributed by atoms with E-state index in [1.54, 1.807) is 0 Å². The van der Waals surface area contributed by atoms with Gasteiger partial charge in [0.25, 0.3) is 0 Å². The molecule has 9 heavy (non-hydrogen) atoms. The maximum absolute atomic E-state index is 9.26. The Labute approximate surface area is 62.3 Å². The van der Waals surface area contributed by atoms with E-state index >= 15 is 0 Å². The van der Waals surface area contributed by atoms with Gasteiger partial charge in [-0.05, 0) is 20.3 Å². The number of rotatable bonds is 1. The van der Waals surface area contributed by atoms with Crippen LogP contribution in [0.1, 0.15) is 20.3 Å². The summed E-state index contributed by atoms with van der Waals surface area (Å²) in [4.78, 5) is 2.05. The van der Waals surface area contributed by atoms with Crippen molar-refractivity contribution in [1.82, 2.24) is 4.90 Å². The van der Waals surface area contributed by atoms with E-state index in [1.807, 2.05) is 18.7 Å². The molecule has 56 valence electrons. The van der Waals surface area contributed by atoms with E-state index in [-0.39, 0.29) is 12.4 Å². The van der Waals surface area contributed by atoms with E-state index in [0.29, 0.717) is 0 Å². The van der Waals surface area contributed by atoms with Gasteiger partial charge in [0.05, 0.1) is 0 Å². The Morgan fingerprint density at radius 1 is 1.33 bits per heavy atom. The predicted octanol–water partition coefficient (Wildman–Crippen LogP) is 0.842. The fraction of sp³-hybridized carbons (Fsp3) is 1.00. The monoisotopic (exact) mass is 151 g/mol. The predicted molar refractivity (Wildman–Crippen MR) is 39.7 cm³/mol. The zero-order valence-electron chi connectivity index (χ0n) is 5.92. The van der Waals surface area contributed by atoms with Crippen LogP contribution < -0.4 is 0 Å². The van der Waals surface area contributed by atoms with Crippen LogP contribution in [0.15, 0.2) is 0 Å². The molecule has 1 N–H and O–H groups in total. The van der Waals surface area contributed by atoms with Crippen LogP contribution in [0.5, 0.6) is 0 Å². The molecular formula is C6H14ClNO. The van der Waals surface area contributed by atoms with Crippen molar-refractivity contribution in [2.75, 3.05) is 13.1 Å². The molecule has 0 bridgehead atoms. The van der Waals surface area contributed by atoms with Crippen molar-refractivity contribution in [3.05, 3.63) is 0 Å². The molecule has 0 aliphatic carbocycles. The summed E-state index contributed by atoms with van der Waals surface area (Å²) >= 11 is 0. The molecule has 0 atom stereocenters. The van der Waals surface area contributed by atoms with Gasteiger partial charge in [0.1, 0.15) is 5.72 Å². The maximum Gasteiger partial charge on any atom is 0.112 e. The summed E-state index contributed by atoms with van der Waals surface area (Å²) < 4.78 is 0. The van der Waals surface area contributed by atoms with E-state index in [2.05, 4.69) is 0 Å². The summed E-state index contributed by atoms with van der Waals surface area (Å²) in [5.74, 6) is 0. The third kappa shape index (κ3) is 2.12. The minimum atomic E-state index is -0.571. The average Bonchev–Trinajstić information content (AvgIpc) is 1.16. The van der Waals surface area contributed by atoms with E-state index < -0.39 is 5.72 Å². The van der Waals surface area contributed by atoms with Crippen molar-refractivity contribution in [1.29, 1.82) is 0 Å². The van der Waals surface area contributed by atoms with Gasteiger partial charge in [0, 0.05) is 13.1 Å². The largest absolute Gasteiger partial charge is 0.376 e. The van der Waals surface area contributed by atoms with Crippen LogP contribution in [-0.4, -0.2) is 28.8 Å². The highest BCUT2D eigenvalue weighted by Crippen LogP contribution is 2.17. The third-order valence-corrected chi connectivity index (χ3v) is 1.63. The van der Waals surface area contributed by atoms with E-state index in [4.69, 9.17) is 0 Å². The number of aliphatic hydroxyl groups is 1. The first-order valence-corrected chi connectivity index (χ1v) is 3.08. The molecule has 1 rings (SSSR count). The second kappa shape index (κ2) is 2.86. The fourth-order valence-electron chi connectivity index (χ4n) is 0.863. The molecule has 0 saturated carbocycles. The molecule has 1 fully saturated rings. The van der Waals surface area contributed by atoms with E-state index in [1.165, 1.54) is 6.42 Å². The summed E-state index contributed by atoms with van der Waals surface area (Å²) in [6.45, 7) is 5.77. The van der Waals surface area contributed by atoms with Crippen LogP contribution in [0.4, 0.5) is 0 Å². The molecular weight excluding hydrogens is 138 g/mol. The van der Waals surface area contributed by atoms with Gasteiger partial charge in [-0.3, -0.25) is 4.90 Å². The minimum Gasteiger partial charge on any atom is -0.376 e. The number of hydrogen-bond donors (Lipinski definition) is 1. The second-order valence-electron chi connectivity index (χ2n) is 2.84. The Morgan fingerprint density at radius 2 is 1.78 bits per heavy atom. The molecule has 0 radical (unpaired) electrons. The van der Waals surface area contributed by atoms with Crippen LogP contribution in [0.25, 0.3) is 0 Å². The average molecular weight is 152 g/mol. The van der Waals surface area contributed by atoms with Gasteiger partial charge >= 0.3 is 0 Å².